The van der Waals surface area contributed by atoms with E-state index in [4.69, 9.17) is 10.5 Å². The molecule has 0 fully saturated rings. The molecule has 0 aliphatic carbocycles. The lowest BCUT2D eigenvalue weighted by Gasteiger charge is -2.13. The van der Waals surface area contributed by atoms with E-state index in [9.17, 15) is 9.18 Å². The number of amides is 1. The van der Waals surface area contributed by atoms with Crippen LogP contribution in [0, 0.1) is 11.7 Å². The molecular weight excluding hydrogens is 235 g/mol. The van der Waals surface area contributed by atoms with Crippen LogP contribution in [-0.2, 0) is 11.3 Å². The lowest BCUT2D eigenvalue weighted by Crippen LogP contribution is -2.34. The van der Waals surface area contributed by atoms with Gasteiger partial charge in [-0.3, -0.25) is 4.79 Å². The largest absolute Gasteiger partial charge is 0.494 e. The number of ether oxygens (including phenoxy) is 1. The first-order valence-electron chi connectivity index (χ1n) is 5.92. The summed E-state index contributed by atoms with van der Waals surface area (Å²) in [5, 5.41) is 2.74. The van der Waals surface area contributed by atoms with Crippen LogP contribution in [0.5, 0.6) is 5.75 Å². The lowest BCUT2D eigenvalue weighted by molar-refractivity contribution is -0.124. The van der Waals surface area contributed by atoms with Crippen LogP contribution in [0.15, 0.2) is 18.2 Å². The molecule has 4 nitrogen and oxygen atoms in total. The van der Waals surface area contributed by atoms with Gasteiger partial charge in [0, 0.05) is 19.0 Å². The summed E-state index contributed by atoms with van der Waals surface area (Å²) in [6, 6.07) is 4.60. The molecule has 1 rings (SSSR count). The van der Waals surface area contributed by atoms with E-state index in [1.807, 2.05) is 6.92 Å². The number of rotatable bonds is 6. The molecule has 1 aromatic carbocycles. The van der Waals surface area contributed by atoms with Crippen molar-refractivity contribution in [2.75, 3.05) is 13.7 Å². The molecule has 0 saturated heterocycles. The Hall–Kier alpha value is -1.62. The Kier molecular flexibility index (Phi) is 5.58. The number of hydrogen-bond donors (Lipinski definition) is 2. The topological polar surface area (TPSA) is 64.4 Å². The van der Waals surface area contributed by atoms with Crippen LogP contribution in [0.25, 0.3) is 0 Å². The highest BCUT2D eigenvalue weighted by Gasteiger charge is 2.14. The van der Waals surface area contributed by atoms with Crippen LogP contribution in [0.3, 0.4) is 0 Å². The maximum absolute atomic E-state index is 13.4. The van der Waals surface area contributed by atoms with Crippen molar-refractivity contribution >= 4 is 5.91 Å². The van der Waals surface area contributed by atoms with E-state index >= 15 is 0 Å². The van der Waals surface area contributed by atoms with Crippen LogP contribution in [0.2, 0.25) is 0 Å². The zero-order valence-corrected chi connectivity index (χ0v) is 10.7. The summed E-state index contributed by atoms with van der Waals surface area (Å²) >= 11 is 0. The molecule has 1 unspecified atom stereocenters. The van der Waals surface area contributed by atoms with Gasteiger partial charge in [0.1, 0.15) is 0 Å². The number of carbonyl (C=O) groups excluding carboxylic acids is 1. The van der Waals surface area contributed by atoms with Crippen LogP contribution in [-0.4, -0.2) is 19.6 Å². The van der Waals surface area contributed by atoms with E-state index in [0.29, 0.717) is 18.5 Å². The average Bonchev–Trinajstić information content (AvgIpc) is 2.38. The van der Waals surface area contributed by atoms with E-state index in [1.165, 1.54) is 19.2 Å². The van der Waals surface area contributed by atoms with Crippen molar-refractivity contribution in [1.29, 1.82) is 0 Å². The van der Waals surface area contributed by atoms with Gasteiger partial charge in [-0.05, 0) is 24.1 Å². The summed E-state index contributed by atoms with van der Waals surface area (Å²) in [5.74, 6) is -0.530. The predicted molar refractivity (Wildman–Crippen MR) is 67.6 cm³/mol. The van der Waals surface area contributed by atoms with Gasteiger partial charge in [0.25, 0.3) is 0 Å². The number of methoxy groups -OCH3 is 1. The maximum Gasteiger partial charge on any atom is 0.224 e. The number of halogens is 1. The van der Waals surface area contributed by atoms with Gasteiger partial charge in [-0.25, -0.2) is 4.39 Å². The smallest absolute Gasteiger partial charge is 0.224 e. The quantitative estimate of drug-likeness (QED) is 0.807. The van der Waals surface area contributed by atoms with Crippen molar-refractivity contribution in [3.63, 3.8) is 0 Å². The van der Waals surface area contributed by atoms with Gasteiger partial charge < -0.3 is 15.8 Å². The molecule has 0 saturated carbocycles. The molecule has 0 heterocycles. The Labute approximate surface area is 106 Å². The SMILES string of the molecule is CCC(CN)C(=O)NCc1ccc(OC)c(F)c1. The number of hydrogen-bond acceptors (Lipinski definition) is 3. The Morgan fingerprint density at radius 1 is 1.56 bits per heavy atom. The Bertz CT molecular complexity index is 406. The second-order valence-corrected chi connectivity index (χ2v) is 4.03. The van der Waals surface area contributed by atoms with E-state index in [-0.39, 0.29) is 24.1 Å². The van der Waals surface area contributed by atoms with Gasteiger partial charge >= 0.3 is 0 Å². The highest BCUT2D eigenvalue weighted by atomic mass is 19.1. The Balaban J connectivity index is 2.58. The molecule has 0 bridgehead atoms. The van der Waals surface area contributed by atoms with Crippen LogP contribution < -0.4 is 15.8 Å². The summed E-state index contributed by atoms with van der Waals surface area (Å²) in [5.41, 5.74) is 6.17. The fourth-order valence-corrected chi connectivity index (χ4v) is 1.61. The third-order valence-corrected chi connectivity index (χ3v) is 2.83. The van der Waals surface area contributed by atoms with E-state index < -0.39 is 5.82 Å². The Morgan fingerprint density at radius 2 is 2.28 bits per heavy atom. The number of carbonyl (C=O) groups is 1. The van der Waals surface area contributed by atoms with Crippen LogP contribution in [0.1, 0.15) is 18.9 Å². The fourth-order valence-electron chi connectivity index (χ4n) is 1.61. The minimum Gasteiger partial charge on any atom is -0.494 e. The van der Waals surface area contributed by atoms with Crippen LogP contribution >= 0.6 is 0 Å². The lowest BCUT2D eigenvalue weighted by atomic mass is 10.1. The monoisotopic (exact) mass is 254 g/mol. The highest BCUT2D eigenvalue weighted by Crippen LogP contribution is 2.17. The number of nitrogens with one attached hydrogen (secondary N) is 1. The van der Waals surface area contributed by atoms with Crippen molar-refractivity contribution in [2.45, 2.75) is 19.9 Å². The molecule has 1 amide bonds. The predicted octanol–water partition coefficient (Wildman–Crippen LogP) is 1.44. The fraction of sp³-hybridized carbons (Fsp3) is 0.462. The minimum atomic E-state index is -0.435. The first-order valence-corrected chi connectivity index (χ1v) is 5.92. The first kappa shape index (κ1) is 14.4. The molecule has 1 atom stereocenters. The average molecular weight is 254 g/mol. The second-order valence-electron chi connectivity index (χ2n) is 4.03. The molecule has 0 spiro atoms. The molecule has 0 aromatic heterocycles. The van der Waals surface area contributed by atoms with E-state index in [2.05, 4.69) is 5.32 Å². The minimum absolute atomic E-state index is 0.101. The Morgan fingerprint density at radius 3 is 2.78 bits per heavy atom. The molecule has 0 aliphatic heterocycles. The van der Waals surface area contributed by atoms with Crippen molar-refractivity contribution in [1.82, 2.24) is 5.32 Å². The first-order chi connectivity index (χ1) is 8.62. The van der Waals surface area contributed by atoms with Crippen molar-refractivity contribution in [3.05, 3.63) is 29.6 Å². The molecule has 100 valence electrons. The summed E-state index contributed by atoms with van der Waals surface area (Å²) in [6.45, 7) is 2.51. The molecular formula is C13H19FN2O2. The van der Waals surface area contributed by atoms with Gasteiger partial charge in [-0.15, -0.1) is 0 Å². The van der Waals surface area contributed by atoms with Crippen molar-refractivity contribution in [2.24, 2.45) is 11.7 Å². The third-order valence-electron chi connectivity index (χ3n) is 2.83. The standard InChI is InChI=1S/C13H19FN2O2/c1-3-10(7-15)13(17)16-8-9-4-5-12(18-2)11(14)6-9/h4-6,10H,3,7-8,15H2,1-2H3,(H,16,17). The normalized spacial score (nSPS) is 12.0. The molecule has 0 radical (unpaired) electrons. The summed E-state index contributed by atoms with van der Waals surface area (Å²) in [4.78, 5) is 11.7. The van der Waals surface area contributed by atoms with Gasteiger partial charge in [-0.1, -0.05) is 13.0 Å². The second kappa shape index (κ2) is 6.96. The van der Waals surface area contributed by atoms with Crippen molar-refractivity contribution in [3.8, 4) is 5.75 Å². The van der Waals surface area contributed by atoms with Gasteiger partial charge in [0.15, 0.2) is 11.6 Å². The summed E-state index contributed by atoms with van der Waals surface area (Å²) in [6.07, 6.45) is 0.694. The molecule has 1 aromatic rings. The number of benzene rings is 1. The molecule has 3 N–H and O–H groups in total. The van der Waals surface area contributed by atoms with E-state index in [1.54, 1.807) is 6.07 Å². The van der Waals surface area contributed by atoms with Gasteiger partial charge in [0.2, 0.25) is 5.91 Å². The van der Waals surface area contributed by atoms with Crippen LogP contribution in [0.4, 0.5) is 4.39 Å². The highest BCUT2D eigenvalue weighted by molar-refractivity contribution is 5.78. The summed E-state index contributed by atoms with van der Waals surface area (Å²) in [7, 11) is 1.41. The summed E-state index contributed by atoms with van der Waals surface area (Å²) < 4.78 is 18.2. The van der Waals surface area contributed by atoms with Gasteiger partial charge in [0.05, 0.1) is 7.11 Å². The molecule has 0 aliphatic rings. The molecule has 18 heavy (non-hydrogen) atoms. The number of nitrogens with two attached hydrogens (primary N) is 1. The maximum atomic E-state index is 13.4. The van der Waals surface area contributed by atoms with Gasteiger partial charge in [-0.2, -0.15) is 0 Å². The molecule has 5 heteroatoms. The zero-order valence-electron chi connectivity index (χ0n) is 10.7. The van der Waals surface area contributed by atoms with E-state index in [0.717, 1.165) is 0 Å². The zero-order chi connectivity index (χ0) is 13.5. The van der Waals surface area contributed by atoms with Crippen molar-refractivity contribution < 1.29 is 13.9 Å². The third kappa shape index (κ3) is 3.70.